The molecule has 1 saturated carbocycles. The first-order valence-corrected chi connectivity index (χ1v) is 7.13. The van der Waals surface area contributed by atoms with E-state index in [1.807, 2.05) is 0 Å². The van der Waals surface area contributed by atoms with Gasteiger partial charge in [0.25, 0.3) is 0 Å². The minimum absolute atomic E-state index is 0.0369. The van der Waals surface area contributed by atoms with Gasteiger partial charge in [-0.05, 0) is 25.2 Å². The van der Waals surface area contributed by atoms with Crippen molar-refractivity contribution in [1.82, 2.24) is 5.32 Å². The van der Waals surface area contributed by atoms with Gasteiger partial charge in [-0.1, -0.05) is 26.3 Å². The summed E-state index contributed by atoms with van der Waals surface area (Å²) in [5.41, 5.74) is -0.375. The van der Waals surface area contributed by atoms with Crippen LogP contribution < -0.4 is 5.32 Å². The summed E-state index contributed by atoms with van der Waals surface area (Å²) in [6.07, 6.45) is 5.07. The van der Waals surface area contributed by atoms with Crippen LogP contribution >= 0.6 is 0 Å². The molecule has 114 valence electrons. The maximum absolute atomic E-state index is 12.4. The van der Waals surface area contributed by atoms with E-state index in [0.717, 1.165) is 25.7 Å². The van der Waals surface area contributed by atoms with Gasteiger partial charge < -0.3 is 15.2 Å². The summed E-state index contributed by atoms with van der Waals surface area (Å²) in [5, 5.41) is 11.8. The first-order valence-electron chi connectivity index (χ1n) is 7.13. The monoisotopic (exact) mass is 283 g/mol. The first-order chi connectivity index (χ1) is 9.41. The van der Waals surface area contributed by atoms with Crippen LogP contribution in [0.15, 0.2) is 12.7 Å². The van der Waals surface area contributed by atoms with Crippen LogP contribution in [0.1, 0.15) is 39.5 Å². The fourth-order valence-corrected chi connectivity index (χ4v) is 2.66. The Morgan fingerprint density at radius 3 is 2.50 bits per heavy atom. The number of hydrogen-bond acceptors (Lipinski definition) is 3. The molecule has 1 fully saturated rings. The van der Waals surface area contributed by atoms with E-state index in [1.165, 1.54) is 0 Å². The van der Waals surface area contributed by atoms with Crippen molar-refractivity contribution >= 4 is 11.9 Å². The zero-order chi connectivity index (χ0) is 15.2. The van der Waals surface area contributed by atoms with Gasteiger partial charge in [-0.2, -0.15) is 0 Å². The summed E-state index contributed by atoms with van der Waals surface area (Å²) in [7, 11) is 0. The van der Waals surface area contributed by atoms with E-state index in [4.69, 9.17) is 9.84 Å². The molecule has 1 unspecified atom stereocenters. The molecule has 0 saturated heterocycles. The Hall–Kier alpha value is -1.36. The fourth-order valence-electron chi connectivity index (χ4n) is 2.66. The second kappa shape index (κ2) is 7.43. The molecule has 1 amide bonds. The molecule has 0 bridgehead atoms. The number of amides is 1. The van der Waals surface area contributed by atoms with Crippen LogP contribution in [0.4, 0.5) is 0 Å². The maximum Gasteiger partial charge on any atom is 0.328 e. The Kier molecular flexibility index (Phi) is 6.20. The van der Waals surface area contributed by atoms with E-state index < -0.39 is 12.0 Å². The standard InChI is InChI=1S/C15H25NO4/c1-4-8-20-10-12(13(17)18)16-14(19)15(6-5-7-15)9-11(2)3/h4,11-12H,1,5-10H2,2-3H3,(H,16,19)(H,17,18). The molecule has 0 aliphatic heterocycles. The van der Waals surface area contributed by atoms with Crippen molar-refractivity contribution in [2.45, 2.75) is 45.6 Å². The molecule has 1 atom stereocenters. The molecule has 2 N–H and O–H groups in total. The third-order valence-corrected chi connectivity index (χ3v) is 3.71. The number of rotatable bonds is 9. The quantitative estimate of drug-likeness (QED) is 0.501. The number of carbonyl (C=O) groups is 2. The second-order valence-electron chi connectivity index (χ2n) is 5.92. The number of carbonyl (C=O) groups excluding carboxylic acids is 1. The van der Waals surface area contributed by atoms with Crippen molar-refractivity contribution in [3.63, 3.8) is 0 Å². The Labute approximate surface area is 120 Å². The zero-order valence-electron chi connectivity index (χ0n) is 12.4. The van der Waals surface area contributed by atoms with Crippen LogP contribution in [-0.2, 0) is 14.3 Å². The van der Waals surface area contributed by atoms with Gasteiger partial charge in [-0.25, -0.2) is 4.79 Å². The molecule has 20 heavy (non-hydrogen) atoms. The van der Waals surface area contributed by atoms with Crippen molar-refractivity contribution in [3.05, 3.63) is 12.7 Å². The lowest BCUT2D eigenvalue weighted by molar-refractivity contribution is -0.148. The lowest BCUT2D eigenvalue weighted by Crippen LogP contribution is -2.53. The number of nitrogens with one attached hydrogen (secondary N) is 1. The van der Waals surface area contributed by atoms with Crippen LogP contribution in [0.3, 0.4) is 0 Å². The number of carboxylic acids is 1. The summed E-state index contributed by atoms with van der Waals surface area (Å²) in [6, 6.07) is -0.993. The Bertz CT molecular complexity index is 361. The van der Waals surface area contributed by atoms with Gasteiger partial charge >= 0.3 is 5.97 Å². The van der Waals surface area contributed by atoms with Crippen LogP contribution in [0.2, 0.25) is 0 Å². The van der Waals surface area contributed by atoms with Crippen molar-refractivity contribution in [2.75, 3.05) is 13.2 Å². The average molecular weight is 283 g/mol. The minimum atomic E-state index is -1.07. The van der Waals surface area contributed by atoms with E-state index in [1.54, 1.807) is 6.08 Å². The zero-order valence-corrected chi connectivity index (χ0v) is 12.4. The average Bonchev–Trinajstić information content (AvgIpc) is 2.32. The van der Waals surface area contributed by atoms with E-state index in [2.05, 4.69) is 25.7 Å². The Morgan fingerprint density at radius 1 is 1.45 bits per heavy atom. The van der Waals surface area contributed by atoms with E-state index in [-0.39, 0.29) is 24.5 Å². The van der Waals surface area contributed by atoms with E-state index in [9.17, 15) is 9.59 Å². The third kappa shape index (κ3) is 4.34. The van der Waals surface area contributed by atoms with E-state index >= 15 is 0 Å². The summed E-state index contributed by atoms with van der Waals surface area (Å²) in [5.74, 6) is -0.796. The molecule has 0 heterocycles. The van der Waals surface area contributed by atoms with Crippen molar-refractivity contribution in [3.8, 4) is 0 Å². The number of carboxylic acid groups (broad SMARTS) is 1. The van der Waals surface area contributed by atoms with Gasteiger partial charge in [0.05, 0.1) is 13.2 Å². The SMILES string of the molecule is C=CCOCC(NC(=O)C1(CC(C)C)CCC1)C(=O)O. The molecule has 0 aromatic rings. The summed E-state index contributed by atoms with van der Waals surface area (Å²) >= 11 is 0. The maximum atomic E-state index is 12.4. The van der Waals surface area contributed by atoms with Crippen LogP contribution in [0.25, 0.3) is 0 Å². The van der Waals surface area contributed by atoms with Gasteiger partial charge in [-0.15, -0.1) is 6.58 Å². The first kappa shape index (κ1) is 16.7. The molecule has 1 aliphatic rings. The third-order valence-electron chi connectivity index (χ3n) is 3.71. The lowest BCUT2D eigenvalue weighted by Gasteiger charge is -2.42. The van der Waals surface area contributed by atoms with Crippen LogP contribution in [0.5, 0.6) is 0 Å². The van der Waals surface area contributed by atoms with Gasteiger partial charge in [0.15, 0.2) is 6.04 Å². The van der Waals surface area contributed by atoms with Crippen molar-refractivity contribution in [2.24, 2.45) is 11.3 Å². The van der Waals surface area contributed by atoms with E-state index in [0.29, 0.717) is 5.92 Å². The molecular weight excluding hydrogens is 258 g/mol. The predicted octanol–water partition coefficient (Wildman–Crippen LogP) is 1.97. The molecule has 1 rings (SSSR count). The largest absolute Gasteiger partial charge is 0.480 e. The summed E-state index contributed by atoms with van der Waals surface area (Å²) in [4.78, 5) is 23.5. The molecule has 0 aromatic heterocycles. The normalized spacial score (nSPS) is 18.1. The summed E-state index contributed by atoms with van der Waals surface area (Å²) in [6.45, 7) is 7.89. The highest BCUT2D eigenvalue weighted by Gasteiger charge is 2.45. The molecule has 5 heteroatoms. The molecule has 5 nitrogen and oxygen atoms in total. The topological polar surface area (TPSA) is 75.6 Å². The highest BCUT2D eigenvalue weighted by molar-refractivity contribution is 5.88. The van der Waals surface area contributed by atoms with Crippen LogP contribution in [0, 0.1) is 11.3 Å². The molecule has 0 aromatic carbocycles. The van der Waals surface area contributed by atoms with Crippen molar-refractivity contribution in [1.29, 1.82) is 0 Å². The number of ether oxygens (including phenoxy) is 1. The molecule has 0 spiro atoms. The highest BCUT2D eigenvalue weighted by atomic mass is 16.5. The fraction of sp³-hybridized carbons (Fsp3) is 0.733. The minimum Gasteiger partial charge on any atom is -0.480 e. The molecular formula is C15H25NO4. The Balaban J connectivity index is 2.60. The van der Waals surface area contributed by atoms with Crippen molar-refractivity contribution < 1.29 is 19.4 Å². The summed E-state index contributed by atoms with van der Waals surface area (Å²) < 4.78 is 5.14. The van der Waals surface area contributed by atoms with Gasteiger partial charge in [0.1, 0.15) is 0 Å². The second-order valence-corrected chi connectivity index (χ2v) is 5.92. The number of hydrogen-bond donors (Lipinski definition) is 2. The van der Waals surface area contributed by atoms with Gasteiger partial charge in [0, 0.05) is 5.41 Å². The van der Waals surface area contributed by atoms with Gasteiger partial charge in [-0.3, -0.25) is 4.79 Å². The molecule has 0 radical (unpaired) electrons. The predicted molar refractivity (Wildman–Crippen MR) is 76.3 cm³/mol. The Morgan fingerprint density at radius 2 is 2.10 bits per heavy atom. The highest BCUT2D eigenvalue weighted by Crippen LogP contribution is 2.46. The lowest BCUT2D eigenvalue weighted by atomic mass is 9.64. The smallest absolute Gasteiger partial charge is 0.328 e. The van der Waals surface area contributed by atoms with Crippen LogP contribution in [-0.4, -0.2) is 36.2 Å². The van der Waals surface area contributed by atoms with Gasteiger partial charge in [0.2, 0.25) is 5.91 Å². The molecule has 1 aliphatic carbocycles. The number of aliphatic carboxylic acids is 1.